The molecule has 100 valence electrons. The maximum Gasteiger partial charge on any atom is 0.573 e. The molecule has 0 aliphatic heterocycles. The summed E-state index contributed by atoms with van der Waals surface area (Å²) in [5.74, 6) is 0.364. The van der Waals surface area contributed by atoms with Crippen molar-refractivity contribution < 1.29 is 17.9 Å². The smallest absolute Gasteiger partial charge is 0.404 e. The van der Waals surface area contributed by atoms with Crippen molar-refractivity contribution in [3.63, 3.8) is 0 Å². The topological polar surface area (TPSA) is 21.3 Å². The molecule has 0 bridgehead atoms. The number of benzene rings is 1. The van der Waals surface area contributed by atoms with Crippen molar-refractivity contribution in [2.45, 2.75) is 25.6 Å². The highest BCUT2D eigenvalue weighted by atomic mass is 79.9. The second kappa shape index (κ2) is 5.38. The molecule has 6 heteroatoms. The van der Waals surface area contributed by atoms with Gasteiger partial charge in [-0.25, -0.2) is 0 Å². The van der Waals surface area contributed by atoms with Crippen LogP contribution >= 0.6 is 15.9 Å². The Morgan fingerprint density at radius 3 is 2.61 bits per heavy atom. The molecule has 2 rings (SSSR count). The molecule has 1 aromatic rings. The molecule has 0 saturated heterocycles. The number of hydrogen-bond donors (Lipinski definition) is 1. The summed E-state index contributed by atoms with van der Waals surface area (Å²) in [5.41, 5.74) is 0.377. The van der Waals surface area contributed by atoms with Crippen molar-refractivity contribution in [3.8, 4) is 5.75 Å². The summed E-state index contributed by atoms with van der Waals surface area (Å²) in [6.07, 6.45) is -1.19. The fourth-order valence-corrected chi connectivity index (χ4v) is 2.14. The van der Waals surface area contributed by atoms with E-state index in [-0.39, 0.29) is 5.75 Å². The number of hydrogen-bond acceptors (Lipinski definition) is 2. The van der Waals surface area contributed by atoms with Crippen molar-refractivity contribution >= 4 is 21.6 Å². The second-order valence-electron chi connectivity index (χ2n) is 4.37. The van der Waals surface area contributed by atoms with E-state index < -0.39 is 6.36 Å². The summed E-state index contributed by atoms with van der Waals surface area (Å²) in [6, 6.07) is 4.59. The monoisotopic (exact) mass is 323 g/mol. The predicted molar refractivity (Wildman–Crippen MR) is 66.7 cm³/mol. The predicted octanol–water partition coefficient (Wildman–Crippen LogP) is 4.56. The van der Waals surface area contributed by atoms with Crippen molar-refractivity contribution in [1.82, 2.24) is 0 Å². The molecule has 1 saturated carbocycles. The minimum atomic E-state index is -4.67. The second-order valence-corrected chi connectivity index (χ2v) is 5.28. The molecule has 1 aliphatic carbocycles. The fourth-order valence-electron chi connectivity index (χ4n) is 1.80. The zero-order valence-corrected chi connectivity index (χ0v) is 11.1. The SMILES string of the molecule is FC(F)(F)Oc1cc(Br)ccc1NCC1CCC1. The lowest BCUT2D eigenvalue weighted by atomic mass is 9.85. The van der Waals surface area contributed by atoms with Crippen LogP contribution < -0.4 is 10.1 Å². The molecule has 0 heterocycles. The van der Waals surface area contributed by atoms with Gasteiger partial charge >= 0.3 is 6.36 Å². The zero-order chi connectivity index (χ0) is 13.2. The van der Waals surface area contributed by atoms with Gasteiger partial charge in [0.05, 0.1) is 5.69 Å². The van der Waals surface area contributed by atoms with Crippen molar-refractivity contribution in [3.05, 3.63) is 22.7 Å². The maximum absolute atomic E-state index is 12.3. The summed E-state index contributed by atoms with van der Waals surface area (Å²) < 4.78 is 41.3. The first-order chi connectivity index (χ1) is 8.44. The van der Waals surface area contributed by atoms with E-state index in [1.165, 1.54) is 12.5 Å². The lowest BCUT2D eigenvalue weighted by molar-refractivity contribution is -0.274. The summed E-state index contributed by atoms with van der Waals surface area (Å²) in [6.45, 7) is 0.690. The van der Waals surface area contributed by atoms with Crippen LogP contribution in [0.25, 0.3) is 0 Å². The largest absolute Gasteiger partial charge is 0.573 e. The molecule has 1 aliphatic rings. The molecule has 0 aromatic heterocycles. The number of anilines is 1. The van der Waals surface area contributed by atoms with Crippen LogP contribution in [-0.4, -0.2) is 12.9 Å². The van der Waals surface area contributed by atoms with Gasteiger partial charge in [-0.05, 0) is 37.0 Å². The summed E-state index contributed by atoms with van der Waals surface area (Å²) in [4.78, 5) is 0. The van der Waals surface area contributed by atoms with Gasteiger partial charge in [0.2, 0.25) is 0 Å². The summed E-state index contributed by atoms with van der Waals surface area (Å²) in [7, 11) is 0. The standard InChI is InChI=1S/C12H13BrF3NO/c13-9-4-5-10(17-7-8-2-1-3-8)11(6-9)18-12(14,15)16/h4-6,8,17H,1-3,7H2. The fraction of sp³-hybridized carbons (Fsp3) is 0.500. The summed E-state index contributed by atoms with van der Waals surface area (Å²) in [5, 5.41) is 3.02. The van der Waals surface area contributed by atoms with Crippen LogP contribution in [0.2, 0.25) is 0 Å². The molecule has 0 atom stereocenters. The van der Waals surface area contributed by atoms with E-state index in [2.05, 4.69) is 26.0 Å². The number of nitrogens with one attached hydrogen (secondary N) is 1. The Morgan fingerprint density at radius 2 is 2.06 bits per heavy atom. The average molecular weight is 324 g/mol. The van der Waals surface area contributed by atoms with Crippen molar-refractivity contribution in [1.29, 1.82) is 0 Å². The molecular formula is C12H13BrF3NO. The molecule has 1 fully saturated rings. The Hall–Kier alpha value is -0.910. The number of alkyl halides is 3. The van der Waals surface area contributed by atoms with Crippen LogP contribution in [0, 0.1) is 5.92 Å². The lowest BCUT2D eigenvalue weighted by Gasteiger charge is -2.26. The molecule has 1 aromatic carbocycles. The third-order valence-corrected chi connectivity index (χ3v) is 3.47. The molecule has 0 amide bonds. The zero-order valence-electron chi connectivity index (χ0n) is 9.56. The van der Waals surface area contributed by atoms with E-state index in [9.17, 15) is 13.2 Å². The highest BCUT2D eigenvalue weighted by molar-refractivity contribution is 9.10. The average Bonchev–Trinajstić information content (AvgIpc) is 2.16. The lowest BCUT2D eigenvalue weighted by Crippen LogP contribution is -2.22. The Balaban J connectivity index is 2.06. The molecule has 18 heavy (non-hydrogen) atoms. The molecule has 0 unspecified atom stereocenters. The Morgan fingerprint density at radius 1 is 1.33 bits per heavy atom. The Bertz CT molecular complexity index is 418. The van der Waals surface area contributed by atoms with Gasteiger partial charge < -0.3 is 10.1 Å². The first-order valence-corrected chi connectivity index (χ1v) is 6.52. The van der Waals surface area contributed by atoms with E-state index >= 15 is 0 Å². The minimum absolute atomic E-state index is 0.198. The maximum atomic E-state index is 12.3. The third-order valence-electron chi connectivity index (χ3n) is 2.98. The van der Waals surface area contributed by atoms with Gasteiger partial charge in [0.25, 0.3) is 0 Å². The first-order valence-electron chi connectivity index (χ1n) is 5.73. The minimum Gasteiger partial charge on any atom is -0.404 e. The normalized spacial score (nSPS) is 16.2. The third kappa shape index (κ3) is 3.80. The van der Waals surface area contributed by atoms with Gasteiger partial charge in [0, 0.05) is 11.0 Å². The number of rotatable bonds is 4. The molecular weight excluding hydrogens is 311 g/mol. The highest BCUT2D eigenvalue weighted by Crippen LogP contribution is 2.34. The van der Waals surface area contributed by atoms with Gasteiger partial charge in [-0.2, -0.15) is 0 Å². The van der Waals surface area contributed by atoms with Crippen molar-refractivity contribution in [2.24, 2.45) is 5.92 Å². The quantitative estimate of drug-likeness (QED) is 0.877. The van der Waals surface area contributed by atoms with Crippen molar-refractivity contribution in [2.75, 3.05) is 11.9 Å². The van der Waals surface area contributed by atoms with Gasteiger partial charge in [0.15, 0.2) is 5.75 Å². The molecule has 0 spiro atoms. The van der Waals surface area contributed by atoms with Crippen LogP contribution in [0.1, 0.15) is 19.3 Å². The number of ether oxygens (including phenoxy) is 1. The van der Waals surface area contributed by atoms with Crippen LogP contribution in [0.3, 0.4) is 0 Å². The van der Waals surface area contributed by atoms with Crippen LogP contribution in [-0.2, 0) is 0 Å². The highest BCUT2D eigenvalue weighted by Gasteiger charge is 2.32. The van der Waals surface area contributed by atoms with Crippen LogP contribution in [0.5, 0.6) is 5.75 Å². The van der Waals surface area contributed by atoms with Gasteiger partial charge in [-0.3, -0.25) is 0 Å². The summed E-state index contributed by atoms with van der Waals surface area (Å²) >= 11 is 3.13. The van der Waals surface area contributed by atoms with E-state index in [4.69, 9.17) is 0 Å². The Labute approximate surface area is 112 Å². The van der Waals surface area contributed by atoms with E-state index in [1.54, 1.807) is 12.1 Å². The first kappa shape index (κ1) is 13.5. The van der Waals surface area contributed by atoms with E-state index in [1.807, 2.05) is 0 Å². The molecule has 0 radical (unpaired) electrons. The molecule has 2 nitrogen and oxygen atoms in total. The Kier molecular flexibility index (Phi) is 4.04. The van der Waals surface area contributed by atoms with Crippen LogP contribution in [0.15, 0.2) is 22.7 Å². The van der Waals surface area contributed by atoms with Gasteiger partial charge in [-0.15, -0.1) is 13.2 Å². The van der Waals surface area contributed by atoms with Gasteiger partial charge in [0.1, 0.15) is 0 Å². The van der Waals surface area contributed by atoms with Gasteiger partial charge in [-0.1, -0.05) is 22.4 Å². The molecule has 1 N–H and O–H groups in total. The van der Waals surface area contributed by atoms with Crippen LogP contribution in [0.4, 0.5) is 18.9 Å². The number of halogens is 4. The van der Waals surface area contributed by atoms with E-state index in [0.29, 0.717) is 22.6 Å². The van der Waals surface area contributed by atoms with E-state index in [0.717, 1.165) is 12.8 Å².